The molecule has 0 unspecified atom stereocenters. The molecule has 0 spiro atoms. The molecular formula is C10H7ClO2. The van der Waals surface area contributed by atoms with Gasteiger partial charge < -0.3 is 4.74 Å². The molecule has 2 nitrogen and oxygen atoms in total. The number of benzene rings is 1. The van der Waals surface area contributed by atoms with Gasteiger partial charge in [0.05, 0.1) is 5.03 Å². The Morgan fingerprint density at radius 3 is 2.92 bits per heavy atom. The number of fused-ring (bicyclic) bond motifs is 1. The van der Waals surface area contributed by atoms with E-state index < -0.39 is 0 Å². The summed E-state index contributed by atoms with van der Waals surface area (Å²) < 4.78 is 5.15. The first kappa shape index (κ1) is 8.32. The van der Waals surface area contributed by atoms with E-state index in [4.69, 9.17) is 16.3 Å². The number of hydrogen-bond donors (Lipinski definition) is 0. The molecule has 1 aliphatic heterocycles. The number of rotatable bonds is 1. The quantitative estimate of drug-likeness (QED) is 0.642. The molecule has 2 rings (SSSR count). The van der Waals surface area contributed by atoms with E-state index in [-0.39, 0.29) is 5.76 Å². The monoisotopic (exact) mass is 194 g/mol. The molecule has 13 heavy (non-hydrogen) atoms. The van der Waals surface area contributed by atoms with Crippen molar-refractivity contribution in [2.75, 3.05) is 0 Å². The van der Waals surface area contributed by atoms with Gasteiger partial charge in [-0.1, -0.05) is 35.9 Å². The minimum Gasteiger partial charge on any atom is -0.484 e. The van der Waals surface area contributed by atoms with Gasteiger partial charge in [-0.3, -0.25) is 4.79 Å². The zero-order chi connectivity index (χ0) is 9.26. The normalized spacial score (nSPS) is 14.8. The van der Waals surface area contributed by atoms with Crippen LogP contribution >= 0.6 is 11.6 Å². The fourth-order valence-electron chi connectivity index (χ4n) is 1.30. The van der Waals surface area contributed by atoms with E-state index in [9.17, 15) is 4.79 Å². The van der Waals surface area contributed by atoms with Crippen molar-refractivity contribution >= 4 is 22.9 Å². The van der Waals surface area contributed by atoms with Crippen molar-refractivity contribution in [1.82, 2.24) is 0 Å². The summed E-state index contributed by atoms with van der Waals surface area (Å²) in [6, 6.07) is 7.61. The third-order valence-electron chi connectivity index (χ3n) is 1.96. The average Bonchev–Trinajstić information content (AvgIpc) is 2.19. The summed E-state index contributed by atoms with van der Waals surface area (Å²) in [7, 11) is 0. The van der Waals surface area contributed by atoms with Crippen LogP contribution in [0.25, 0.3) is 5.03 Å². The predicted molar refractivity (Wildman–Crippen MR) is 50.1 cm³/mol. The number of hydrogen-bond acceptors (Lipinski definition) is 2. The summed E-state index contributed by atoms with van der Waals surface area (Å²) in [5.41, 5.74) is 1.90. The molecule has 1 aromatic rings. The number of halogens is 1. The van der Waals surface area contributed by atoms with Gasteiger partial charge in [0.15, 0.2) is 12.0 Å². The van der Waals surface area contributed by atoms with E-state index in [0.717, 1.165) is 11.1 Å². The van der Waals surface area contributed by atoms with Crippen LogP contribution in [0.15, 0.2) is 30.0 Å². The number of carbonyl (C=O) groups is 1. The Balaban J connectivity index is 2.58. The summed E-state index contributed by atoms with van der Waals surface area (Å²) in [6.07, 6.45) is 0.637. The molecule has 0 N–H and O–H groups in total. The molecule has 1 heterocycles. The van der Waals surface area contributed by atoms with E-state index in [1.165, 1.54) is 0 Å². The van der Waals surface area contributed by atoms with Gasteiger partial charge >= 0.3 is 0 Å². The first-order valence-electron chi connectivity index (χ1n) is 3.89. The third-order valence-corrected chi connectivity index (χ3v) is 2.35. The minimum absolute atomic E-state index is 0.223. The molecule has 0 saturated heterocycles. The Hall–Kier alpha value is -1.28. The Kier molecular flexibility index (Phi) is 2.07. The Labute approximate surface area is 80.8 Å². The van der Waals surface area contributed by atoms with Crippen LogP contribution < -0.4 is 0 Å². The summed E-state index contributed by atoms with van der Waals surface area (Å²) in [5.74, 6) is 0.223. The first-order chi connectivity index (χ1) is 6.33. The molecular weight excluding hydrogens is 188 g/mol. The molecule has 0 bridgehead atoms. The highest BCUT2D eigenvalue weighted by Gasteiger charge is 2.17. The topological polar surface area (TPSA) is 26.3 Å². The molecule has 0 atom stereocenters. The molecule has 0 radical (unpaired) electrons. The second-order valence-corrected chi connectivity index (χ2v) is 3.12. The highest BCUT2D eigenvalue weighted by molar-refractivity contribution is 6.50. The van der Waals surface area contributed by atoms with Gasteiger partial charge in [0.1, 0.15) is 6.61 Å². The summed E-state index contributed by atoms with van der Waals surface area (Å²) in [4.78, 5) is 10.5. The molecule has 0 aliphatic carbocycles. The largest absolute Gasteiger partial charge is 0.484 e. The molecule has 0 amide bonds. The van der Waals surface area contributed by atoms with Crippen LogP contribution in [0.4, 0.5) is 0 Å². The van der Waals surface area contributed by atoms with E-state index in [2.05, 4.69) is 0 Å². The summed E-state index contributed by atoms with van der Waals surface area (Å²) in [6.45, 7) is 0.417. The number of aldehydes is 1. The zero-order valence-corrected chi connectivity index (χ0v) is 7.54. The lowest BCUT2D eigenvalue weighted by Gasteiger charge is -2.17. The van der Waals surface area contributed by atoms with Gasteiger partial charge in [-0.25, -0.2) is 0 Å². The number of ether oxygens (including phenoxy) is 1. The van der Waals surface area contributed by atoms with Crippen LogP contribution in [0.3, 0.4) is 0 Å². The molecule has 0 aromatic heterocycles. The summed E-state index contributed by atoms with van der Waals surface area (Å²) in [5, 5.41) is 0.400. The van der Waals surface area contributed by atoms with E-state index in [0.29, 0.717) is 17.9 Å². The van der Waals surface area contributed by atoms with Crippen LogP contribution in [-0.2, 0) is 16.1 Å². The first-order valence-corrected chi connectivity index (χ1v) is 4.27. The van der Waals surface area contributed by atoms with Crippen LogP contribution in [-0.4, -0.2) is 6.29 Å². The van der Waals surface area contributed by atoms with Crippen molar-refractivity contribution in [3.05, 3.63) is 41.2 Å². The van der Waals surface area contributed by atoms with Gasteiger partial charge in [0.2, 0.25) is 0 Å². The molecule has 0 fully saturated rings. The molecule has 1 aromatic carbocycles. The second kappa shape index (κ2) is 3.23. The number of allylic oxidation sites excluding steroid dienone is 1. The molecule has 1 aliphatic rings. The lowest BCUT2D eigenvalue weighted by molar-refractivity contribution is -0.107. The maximum absolute atomic E-state index is 10.5. The van der Waals surface area contributed by atoms with Crippen molar-refractivity contribution in [2.45, 2.75) is 6.61 Å². The highest BCUT2D eigenvalue weighted by atomic mass is 35.5. The second-order valence-electron chi connectivity index (χ2n) is 2.74. The average molecular weight is 195 g/mol. The highest BCUT2D eigenvalue weighted by Crippen LogP contribution is 2.31. The Morgan fingerprint density at radius 1 is 1.38 bits per heavy atom. The van der Waals surface area contributed by atoms with Crippen LogP contribution in [0.5, 0.6) is 0 Å². The standard InChI is InChI=1S/C10H7ClO2/c11-10-8-4-2-1-3-7(8)6-13-9(10)5-12/h1-5H,6H2. The van der Waals surface area contributed by atoms with E-state index in [1.54, 1.807) is 0 Å². The van der Waals surface area contributed by atoms with Gasteiger partial charge in [0.25, 0.3) is 0 Å². The molecule has 3 heteroatoms. The van der Waals surface area contributed by atoms with Gasteiger partial charge in [-0.15, -0.1) is 0 Å². The van der Waals surface area contributed by atoms with Crippen LogP contribution in [0.1, 0.15) is 11.1 Å². The third kappa shape index (κ3) is 1.33. The minimum atomic E-state index is 0.223. The number of carbonyl (C=O) groups excluding carboxylic acids is 1. The SMILES string of the molecule is O=CC1=C(Cl)c2ccccc2CO1. The summed E-state index contributed by atoms with van der Waals surface area (Å²) >= 11 is 5.94. The predicted octanol–water partition coefficient (Wildman–Crippen LogP) is 2.32. The molecule has 0 saturated carbocycles. The Morgan fingerprint density at radius 2 is 2.15 bits per heavy atom. The lowest BCUT2D eigenvalue weighted by atomic mass is 10.1. The van der Waals surface area contributed by atoms with Crippen LogP contribution in [0, 0.1) is 0 Å². The van der Waals surface area contributed by atoms with Crippen molar-refractivity contribution in [1.29, 1.82) is 0 Å². The van der Waals surface area contributed by atoms with Gasteiger partial charge in [-0.2, -0.15) is 0 Å². The fraction of sp³-hybridized carbons (Fsp3) is 0.100. The molecule has 66 valence electrons. The lowest BCUT2D eigenvalue weighted by Crippen LogP contribution is -2.05. The van der Waals surface area contributed by atoms with E-state index in [1.807, 2.05) is 24.3 Å². The van der Waals surface area contributed by atoms with Crippen molar-refractivity contribution in [2.24, 2.45) is 0 Å². The fourth-order valence-corrected chi connectivity index (χ4v) is 1.58. The smallest absolute Gasteiger partial charge is 0.186 e. The van der Waals surface area contributed by atoms with Crippen LogP contribution in [0.2, 0.25) is 0 Å². The maximum atomic E-state index is 10.5. The van der Waals surface area contributed by atoms with Crippen molar-refractivity contribution in [3.8, 4) is 0 Å². The van der Waals surface area contributed by atoms with Crippen molar-refractivity contribution in [3.63, 3.8) is 0 Å². The van der Waals surface area contributed by atoms with Crippen molar-refractivity contribution < 1.29 is 9.53 Å². The maximum Gasteiger partial charge on any atom is 0.186 e. The van der Waals surface area contributed by atoms with Gasteiger partial charge in [0, 0.05) is 5.56 Å². The zero-order valence-electron chi connectivity index (χ0n) is 6.79. The van der Waals surface area contributed by atoms with E-state index >= 15 is 0 Å². The van der Waals surface area contributed by atoms with Gasteiger partial charge in [-0.05, 0) is 5.56 Å². The Bertz CT molecular complexity index is 382.